The molecule has 0 aromatic heterocycles. The first-order chi connectivity index (χ1) is 7.65. The lowest BCUT2D eigenvalue weighted by Crippen LogP contribution is -2.30. The number of carbonyl (C=O) groups excluding carboxylic acids is 2. The molecular weight excluding hydrogens is 209 g/mol. The maximum atomic E-state index is 13.0. The van der Waals surface area contributed by atoms with Crippen molar-refractivity contribution < 1.29 is 14.0 Å². The number of halogens is 1. The summed E-state index contributed by atoms with van der Waals surface area (Å²) < 4.78 is 13.0. The first-order valence-electron chi connectivity index (χ1n) is 4.74. The molecule has 0 saturated carbocycles. The number of anilines is 1. The number of nitrogens with zero attached hydrogens (tertiary/aromatic N) is 1. The summed E-state index contributed by atoms with van der Waals surface area (Å²) in [6.45, 7) is 0.234. The molecule has 0 bridgehead atoms. The van der Waals surface area contributed by atoms with Crippen LogP contribution in [0.15, 0.2) is 18.2 Å². The number of fused-ring (bicyclic) bond motifs is 1. The van der Waals surface area contributed by atoms with E-state index in [1.54, 1.807) is 0 Å². The average molecular weight is 217 g/mol. The molecule has 1 amide bonds. The fourth-order valence-electron chi connectivity index (χ4n) is 1.67. The molecule has 1 heterocycles. The summed E-state index contributed by atoms with van der Waals surface area (Å²) in [5.74, 6) is 0.649. The predicted octanol–water partition coefficient (Wildman–Crippen LogP) is 1.38. The van der Waals surface area contributed by atoms with Gasteiger partial charge in [-0.25, -0.2) is 4.39 Å². The highest BCUT2D eigenvalue weighted by atomic mass is 19.1. The molecule has 1 aliphatic rings. The van der Waals surface area contributed by atoms with Gasteiger partial charge in [0.05, 0.1) is 11.3 Å². The van der Waals surface area contributed by atoms with E-state index in [4.69, 9.17) is 6.42 Å². The molecule has 0 spiro atoms. The van der Waals surface area contributed by atoms with Crippen molar-refractivity contribution in [3.63, 3.8) is 0 Å². The zero-order valence-electron chi connectivity index (χ0n) is 8.37. The van der Waals surface area contributed by atoms with Gasteiger partial charge in [-0.05, 0) is 18.2 Å². The summed E-state index contributed by atoms with van der Waals surface area (Å²) in [4.78, 5) is 24.3. The van der Waals surface area contributed by atoms with Crippen molar-refractivity contribution in [2.24, 2.45) is 0 Å². The summed E-state index contributed by atoms with van der Waals surface area (Å²) in [5, 5.41) is 0. The number of hydrogen-bond acceptors (Lipinski definition) is 2. The molecule has 1 aromatic carbocycles. The second-order valence-electron chi connectivity index (χ2n) is 3.40. The lowest BCUT2D eigenvalue weighted by atomic mass is 10.1. The number of benzene rings is 1. The molecule has 80 valence electrons. The molecule has 0 fully saturated rings. The molecule has 1 aliphatic heterocycles. The van der Waals surface area contributed by atoms with Crippen LogP contribution in [-0.2, 0) is 4.79 Å². The van der Waals surface area contributed by atoms with E-state index in [0.29, 0.717) is 12.1 Å². The number of terminal acetylenes is 1. The van der Waals surface area contributed by atoms with E-state index < -0.39 is 17.5 Å². The van der Waals surface area contributed by atoms with Crippen molar-refractivity contribution in [2.45, 2.75) is 6.42 Å². The number of amides is 1. The van der Waals surface area contributed by atoms with Gasteiger partial charge >= 0.3 is 0 Å². The van der Waals surface area contributed by atoms with Gasteiger partial charge in [0.15, 0.2) is 0 Å². The minimum absolute atomic E-state index is 0.234. The van der Waals surface area contributed by atoms with Crippen LogP contribution in [0.5, 0.6) is 0 Å². The van der Waals surface area contributed by atoms with Crippen LogP contribution in [0.1, 0.15) is 16.8 Å². The van der Waals surface area contributed by atoms with Crippen LogP contribution < -0.4 is 4.90 Å². The monoisotopic (exact) mass is 217 g/mol. The van der Waals surface area contributed by atoms with Crippen LogP contribution in [-0.4, -0.2) is 18.2 Å². The summed E-state index contributed by atoms with van der Waals surface area (Å²) in [7, 11) is 0. The number of ketones is 1. The van der Waals surface area contributed by atoms with Crippen LogP contribution in [0.25, 0.3) is 0 Å². The first-order valence-corrected chi connectivity index (χ1v) is 4.74. The second-order valence-corrected chi connectivity index (χ2v) is 3.40. The normalized spacial score (nSPS) is 13.9. The summed E-state index contributed by atoms with van der Waals surface area (Å²) >= 11 is 0. The molecule has 4 heteroatoms. The van der Waals surface area contributed by atoms with Crippen molar-refractivity contribution in [1.29, 1.82) is 0 Å². The van der Waals surface area contributed by atoms with Crippen LogP contribution in [0.3, 0.4) is 0 Å². The molecule has 0 saturated heterocycles. The third-order valence-corrected chi connectivity index (χ3v) is 2.41. The van der Waals surface area contributed by atoms with Crippen molar-refractivity contribution in [1.82, 2.24) is 0 Å². The smallest absolute Gasteiger partial charge is 0.299 e. The Hall–Kier alpha value is -2.15. The van der Waals surface area contributed by atoms with Crippen LogP contribution in [0.4, 0.5) is 10.1 Å². The molecule has 3 nitrogen and oxygen atoms in total. The summed E-state index contributed by atoms with van der Waals surface area (Å²) in [6.07, 6.45) is 5.42. The van der Waals surface area contributed by atoms with Crippen molar-refractivity contribution in [3.05, 3.63) is 29.6 Å². The van der Waals surface area contributed by atoms with Crippen LogP contribution in [0.2, 0.25) is 0 Å². The molecule has 2 rings (SSSR count). The van der Waals surface area contributed by atoms with E-state index in [9.17, 15) is 14.0 Å². The standard InChI is InChI=1S/C12H8FNO2/c1-2-3-6-14-10-7-8(13)4-5-9(10)11(15)12(14)16/h1,4-5,7H,3,6H2. The van der Waals surface area contributed by atoms with Crippen LogP contribution >= 0.6 is 0 Å². The van der Waals surface area contributed by atoms with E-state index in [1.807, 2.05) is 0 Å². The van der Waals surface area contributed by atoms with Gasteiger partial charge in [0, 0.05) is 13.0 Å². The lowest BCUT2D eigenvalue weighted by molar-refractivity contribution is -0.114. The fourth-order valence-corrected chi connectivity index (χ4v) is 1.67. The van der Waals surface area contributed by atoms with Gasteiger partial charge in [-0.1, -0.05) is 0 Å². The molecule has 0 N–H and O–H groups in total. The predicted molar refractivity (Wildman–Crippen MR) is 56.5 cm³/mol. The fraction of sp³-hybridized carbons (Fsp3) is 0.167. The highest BCUT2D eigenvalue weighted by Crippen LogP contribution is 2.29. The van der Waals surface area contributed by atoms with E-state index in [2.05, 4.69) is 5.92 Å². The Morgan fingerprint density at radius 1 is 1.38 bits per heavy atom. The summed E-state index contributed by atoms with van der Waals surface area (Å²) in [5.41, 5.74) is 0.550. The topological polar surface area (TPSA) is 37.4 Å². The molecule has 1 aromatic rings. The van der Waals surface area contributed by atoms with Gasteiger partial charge < -0.3 is 4.90 Å². The third kappa shape index (κ3) is 1.47. The van der Waals surface area contributed by atoms with Gasteiger partial charge in [0.25, 0.3) is 11.7 Å². The highest BCUT2D eigenvalue weighted by Gasteiger charge is 2.35. The first kappa shape index (κ1) is 10.4. The molecule has 0 radical (unpaired) electrons. The quantitative estimate of drug-likeness (QED) is 0.554. The zero-order chi connectivity index (χ0) is 11.7. The average Bonchev–Trinajstić information content (AvgIpc) is 2.50. The Bertz CT molecular complexity index is 516. The van der Waals surface area contributed by atoms with E-state index in [-0.39, 0.29) is 12.1 Å². The molecular formula is C12H8FNO2. The summed E-state index contributed by atoms with van der Waals surface area (Å²) in [6, 6.07) is 3.66. The zero-order valence-corrected chi connectivity index (χ0v) is 8.37. The Morgan fingerprint density at radius 3 is 2.81 bits per heavy atom. The van der Waals surface area contributed by atoms with Gasteiger partial charge in [-0.2, -0.15) is 0 Å². The second kappa shape index (κ2) is 3.78. The van der Waals surface area contributed by atoms with Crippen molar-refractivity contribution in [2.75, 3.05) is 11.4 Å². The molecule has 0 unspecified atom stereocenters. The largest absolute Gasteiger partial charge is 0.304 e. The van der Waals surface area contributed by atoms with Gasteiger partial charge in [-0.3, -0.25) is 9.59 Å². The molecule has 16 heavy (non-hydrogen) atoms. The minimum atomic E-state index is -0.643. The number of Topliss-reactive ketones (excluding diaryl/α,β-unsaturated/α-hetero) is 1. The van der Waals surface area contributed by atoms with Gasteiger partial charge in [0.2, 0.25) is 0 Å². The third-order valence-electron chi connectivity index (χ3n) is 2.41. The highest BCUT2D eigenvalue weighted by molar-refractivity contribution is 6.52. The Morgan fingerprint density at radius 2 is 2.12 bits per heavy atom. The van der Waals surface area contributed by atoms with E-state index in [1.165, 1.54) is 17.0 Å². The molecule has 0 atom stereocenters. The number of carbonyl (C=O) groups is 2. The van der Waals surface area contributed by atoms with E-state index >= 15 is 0 Å². The maximum absolute atomic E-state index is 13.0. The van der Waals surface area contributed by atoms with E-state index in [0.717, 1.165) is 6.07 Å². The van der Waals surface area contributed by atoms with Gasteiger partial charge in [0.1, 0.15) is 5.82 Å². The minimum Gasteiger partial charge on any atom is -0.304 e. The number of rotatable bonds is 2. The maximum Gasteiger partial charge on any atom is 0.299 e. The Kier molecular flexibility index (Phi) is 2.45. The van der Waals surface area contributed by atoms with Gasteiger partial charge in [-0.15, -0.1) is 12.3 Å². The molecule has 0 aliphatic carbocycles. The number of hydrogen-bond donors (Lipinski definition) is 0. The van der Waals surface area contributed by atoms with Crippen LogP contribution in [0, 0.1) is 18.2 Å². The van der Waals surface area contributed by atoms with Crippen molar-refractivity contribution in [3.8, 4) is 12.3 Å². The Labute approximate surface area is 91.9 Å². The lowest BCUT2D eigenvalue weighted by Gasteiger charge is -2.14. The SMILES string of the molecule is C#CCCN1C(=O)C(=O)c2ccc(F)cc21. The van der Waals surface area contributed by atoms with Crippen molar-refractivity contribution >= 4 is 17.4 Å². The Balaban J connectivity index is 2.44.